The van der Waals surface area contributed by atoms with Crippen molar-refractivity contribution in [2.45, 2.75) is 12.8 Å². The first-order chi connectivity index (χ1) is 10.9. The van der Waals surface area contributed by atoms with Gasteiger partial charge in [-0.15, -0.1) is 0 Å². The molecule has 0 fully saturated rings. The fourth-order valence-electron chi connectivity index (χ4n) is 2.98. The molecule has 6 nitrogen and oxygen atoms in total. The molecule has 0 radical (unpaired) electrons. The number of rotatable bonds is 2. The lowest BCUT2D eigenvalue weighted by atomic mass is 9.93. The second-order valence-corrected chi connectivity index (χ2v) is 5.62. The molecule has 1 aliphatic rings. The number of aliphatic carboxylic acids is 1. The minimum absolute atomic E-state index is 0.257. The van der Waals surface area contributed by atoms with Gasteiger partial charge in [-0.05, 0) is 24.1 Å². The lowest BCUT2D eigenvalue weighted by Crippen LogP contribution is -2.38. The molecule has 3 rings (SSSR count). The van der Waals surface area contributed by atoms with E-state index in [1.54, 1.807) is 44.4 Å². The van der Waals surface area contributed by atoms with Gasteiger partial charge in [0.15, 0.2) is 0 Å². The normalized spacial score (nSPS) is 16.5. The Balaban J connectivity index is 2.39. The Morgan fingerprint density at radius 1 is 1.22 bits per heavy atom. The summed E-state index contributed by atoms with van der Waals surface area (Å²) in [5.74, 6) is -1.97. The summed E-state index contributed by atoms with van der Waals surface area (Å²) < 4.78 is 1.43. The molecule has 1 atom stereocenters. The molecule has 1 aromatic heterocycles. The van der Waals surface area contributed by atoms with Gasteiger partial charge in [0.1, 0.15) is 6.54 Å². The number of aromatic nitrogens is 1. The Hall–Kier alpha value is -2.89. The van der Waals surface area contributed by atoms with Crippen LogP contribution in [0, 0.1) is 0 Å². The quantitative estimate of drug-likeness (QED) is 0.913. The van der Waals surface area contributed by atoms with Gasteiger partial charge in [-0.2, -0.15) is 0 Å². The van der Waals surface area contributed by atoms with Crippen molar-refractivity contribution in [2.24, 2.45) is 7.05 Å². The smallest absolute Gasteiger partial charge is 0.323 e. The Labute approximate surface area is 132 Å². The molecule has 0 bridgehead atoms. The number of carbonyl (C=O) groups is 2. The molecule has 1 amide bonds. The van der Waals surface area contributed by atoms with Crippen molar-refractivity contribution >= 4 is 17.6 Å². The minimum atomic E-state index is -1.12. The maximum absolute atomic E-state index is 12.8. The maximum atomic E-state index is 12.8. The number of hydrogen-bond donors (Lipinski definition) is 1. The molecular formula is C17H16N2O4. The number of carboxylic acids is 1. The number of pyridine rings is 1. The van der Waals surface area contributed by atoms with E-state index in [1.165, 1.54) is 9.47 Å². The summed E-state index contributed by atoms with van der Waals surface area (Å²) in [6.45, 7) is 1.25. The minimum Gasteiger partial charge on any atom is -0.480 e. The first-order valence-electron chi connectivity index (χ1n) is 7.24. The van der Waals surface area contributed by atoms with Crippen molar-refractivity contribution in [1.29, 1.82) is 0 Å². The Bertz CT molecular complexity index is 869. The van der Waals surface area contributed by atoms with Gasteiger partial charge >= 0.3 is 5.97 Å². The van der Waals surface area contributed by atoms with Crippen LogP contribution in [0.3, 0.4) is 0 Å². The van der Waals surface area contributed by atoms with E-state index in [2.05, 4.69) is 0 Å². The van der Waals surface area contributed by atoms with Crippen molar-refractivity contribution in [3.8, 4) is 11.1 Å². The zero-order valence-corrected chi connectivity index (χ0v) is 12.8. The summed E-state index contributed by atoms with van der Waals surface area (Å²) in [4.78, 5) is 37.8. The zero-order valence-electron chi connectivity index (χ0n) is 12.8. The molecule has 1 N–H and O–H groups in total. The lowest BCUT2D eigenvalue weighted by Gasteiger charge is -2.23. The van der Waals surface area contributed by atoms with E-state index in [4.69, 9.17) is 5.11 Å². The van der Waals surface area contributed by atoms with E-state index in [9.17, 15) is 14.4 Å². The number of carboxylic acid groups (broad SMARTS) is 1. The third kappa shape index (κ3) is 2.32. The van der Waals surface area contributed by atoms with Crippen LogP contribution in [0.4, 0.5) is 5.69 Å². The highest BCUT2D eigenvalue weighted by molar-refractivity contribution is 6.07. The molecule has 118 valence electrons. The predicted octanol–water partition coefficient (Wildman–Crippen LogP) is 1.59. The van der Waals surface area contributed by atoms with Crippen LogP contribution in [-0.2, 0) is 16.6 Å². The van der Waals surface area contributed by atoms with E-state index in [1.807, 2.05) is 6.07 Å². The third-order valence-electron chi connectivity index (χ3n) is 4.16. The van der Waals surface area contributed by atoms with E-state index in [0.717, 1.165) is 5.56 Å². The molecule has 2 aromatic rings. The van der Waals surface area contributed by atoms with Crippen molar-refractivity contribution < 1.29 is 14.7 Å². The molecule has 0 saturated heterocycles. The lowest BCUT2D eigenvalue weighted by molar-refractivity contribution is -0.136. The van der Waals surface area contributed by atoms with Gasteiger partial charge in [-0.3, -0.25) is 19.3 Å². The van der Waals surface area contributed by atoms with Gasteiger partial charge < -0.3 is 9.67 Å². The first-order valence-corrected chi connectivity index (χ1v) is 7.24. The van der Waals surface area contributed by atoms with Gasteiger partial charge in [0, 0.05) is 13.2 Å². The van der Waals surface area contributed by atoms with Crippen LogP contribution < -0.4 is 10.5 Å². The van der Waals surface area contributed by atoms with Crippen LogP contribution in [-0.4, -0.2) is 28.1 Å². The topological polar surface area (TPSA) is 79.6 Å². The summed E-state index contributed by atoms with van der Waals surface area (Å²) in [5.41, 5.74) is 1.86. The number of amides is 1. The van der Waals surface area contributed by atoms with E-state index in [0.29, 0.717) is 16.8 Å². The Kier molecular flexibility index (Phi) is 3.52. The number of fused-ring (bicyclic) bond motifs is 3. The average Bonchev–Trinajstić information content (AvgIpc) is 2.61. The van der Waals surface area contributed by atoms with Crippen LogP contribution in [0.2, 0.25) is 0 Å². The van der Waals surface area contributed by atoms with Gasteiger partial charge in [-0.1, -0.05) is 24.3 Å². The number of benzene rings is 1. The molecule has 2 heterocycles. The summed E-state index contributed by atoms with van der Waals surface area (Å²) in [6, 6.07) is 8.83. The van der Waals surface area contributed by atoms with E-state index >= 15 is 0 Å². The van der Waals surface area contributed by atoms with Crippen LogP contribution in [0.15, 0.2) is 41.3 Å². The maximum Gasteiger partial charge on any atom is 0.323 e. The highest BCUT2D eigenvalue weighted by atomic mass is 16.4. The monoisotopic (exact) mass is 312 g/mol. The van der Waals surface area contributed by atoms with Crippen LogP contribution in [0.5, 0.6) is 0 Å². The Morgan fingerprint density at radius 3 is 2.61 bits per heavy atom. The molecular weight excluding hydrogens is 296 g/mol. The van der Waals surface area contributed by atoms with Crippen molar-refractivity contribution in [3.05, 3.63) is 52.4 Å². The Morgan fingerprint density at radius 2 is 1.91 bits per heavy atom. The summed E-state index contributed by atoms with van der Waals surface area (Å²) >= 11 is 0. The molecule has 1 aromatic carbocycles. The molecule has 0 aliphatic carbocycles. The second-order valence-electron chi connectivity index (χ2n) is 5.62. The molecule has 1 unspecified atom stereocenters. The zero-order chi connectivity index (χ0) is 16.7. The molecule has 1 aliphatic heterocycles. The SMILES string of the molecule is CC1C(=O)N(CC(=O)O)c2ccn(C)c(=O)c2-c2ccccc21. The number of nitrogens with zero attached hydrogens (tertiary/aromatic N) is 2. The van der Waals surface area contributed by atoms with Crippen molar-refractivity contribution in [2.75, 3.05) is 11.4 Å². The van der Waals surface area contributed by atoms with Crippen molar-refractivity contribution in [1.82, 2.24) is 4.57 Å². The number of carbonyl (C=O) groups excluding carboxylic acids is 1. The number of hydrogen-bond acceptors (Lipinski definition) is 3. The largest absolute Gasteiger partial charge is 0.480 e. The molecule has 0 saturated carbocycles. The van der Waals surface area contributed by atoms with Gasteiger partial charge in [0.25, 0.3) is 5.56 Å². The van der Waals surface area contributed by atoms with Crippen LogP contribution >= 0.6 is 0 Å². The first kappa shape index (κ1) is 15.0. The average molecular weight is 312 g/mol. The number of aryl methyl sites for hydroxylation is 1. The fraction of sp³-hybridized carbons (Fsp3) is 0.235. The third-order valence-corrected chi connectivity index (χ3v) is 4.16. The highest BCUT2D eigenvalue weighted by Crippen LogP contribution is 2.38. The molecule has 0 spiro atoms. The van der Waals surface area contributed by atoms with Crippen molar-refractivity contribution in [3.63, 3.8) is 0 Å². The highest BCUT2D eigenvalue weighted by Gasteiger charge is 2.33. The second kappa shape index (κ2) is 5.39. The van der Waals surface area contributed by atoms with E-state index in [-0.39, 0.29) is 11.5 Å². The number of anilines is 1. The van der Waals surface area contributed by atoms with E-state index < -0.39 is 18.4 Å². The van der Waals surface area contributed by atoms with Crippen LogP contribution in [0.25, 0.3) is 11.1 Å². The van der Waals surface area contributed by atoms with Gasteiger partial charge in [-0.25, -0.2) is 0 Å². The summed E-state index contributed by atoms with van der Waals surface area (Å²) in [6.07, 6.45) is 1.54. The van der Waals surface area contributed by atoms with Gasteiger partial charge in [0.2, 0.25) is 5.91 Å². The van der Waals surface area contributed by atoms with Gasteiger partial charge in [0.05, 0.1) is 17.2 Å². The molecule has 6 heteroatoms. The standard InChI is InChI=1S/C17H16N2O4/c1-10-11-5-3-4-6-12(11)15-13(7-8-18(2)17(15)23)19(16(10)22)9-14(20)21/h3-8,10H,9H2,1-2H3,(H,20,21). The summed E-state index contributed by atoms with van der Waals surface area (Å²) in [7, 11) is 1.63. The summed E-state index contributed by atoms with van der Waals surface area (Å²) in [5, 5.41) is 9.15. The van der Waals surface area contributed by atoms with Crippen LogP contribution in [0.1, 0.15) is 18.4 Å². The predicted molar refractivity (Wildman–Crippen MR) is 85.5 cm³/mol. The fourth-order valence-corrected chi connectivity index (χ4v) is 2.98. The molecule has 23 heavy (non-hydrogen) atoms.